The first-order valence-corrected chi connectivity index (χ1v) is 17.8. The second kappa shape index (κ2) is 17.2. The van der Waals surface area contributed by atoms with Crippen LogP contribution < -0.4 is 5.32 Å². The van der Waals surface area contributed by atoms with Crippen molar-refractivity contribution in [3.63, 3.8) is 0 Å². The molecule has 0 bridgehead atoms. The molecule has 3 atom stereocenters. The van der Waals surface area contributed by atoms with E-state index in [1.807, 2.05) is 24.3 Å². The highest BCUT2D eigenvalue weighted by atomic mass is 16.7. The summed E-state index contributed by atoms with van der Waals surface area (Å²) in [7, 11) is 0. The smallest absolute Gasteiger partial charge is 0.253 e. The Morgan fingerprint density at radius 3 is 2.02 bits per heavy atom. The SMILES string of the molecule is O=C(NCc1cccc(-c2ccc([C@H]3O[C@@H](CN(Cc4ccccc4)Cc4ccccc4)C[C@@H](c4ccc(CO)cc4)O3)cc2)c1)c1cccnc1. The standard InChI is InChI=1S/C45H43N3O4/c49-32-35-16-18-38(19-17-35)43-26-42(31-48(29-33-9-3-1-4-10-33)30-34-11-5-2-6-12-34)51-45(52-43)39-22-20-37(21-23-39)40-14-7-13-36(25-40)27-47-44(50)41-15-8-24-46-28-41/h1-25,28,42-43,45,49H,26-27,29-32H2,(H,47,50)/t42-,43+,45+/m1/s1. The number of rotatable bonds is 13. The number of pyridine rings is 1. The molecule has 7 nitrogen and oxygen atoms in total. The first-order chi connectivity index (χ1) is 25.6. The number of benzene rings is 5. The van der Waals surface area contributed by atoms with Crippen molar-refractivity contribution in [2.24, 2.45) is 0 Å². The van der Waals surface area contributed by atoms with E-state index in [-0.39, 0.29) is 24.7 Å². The normalized spacial score (nSPS) is 17.2. The Labute approximate surface area is 305 Å². The van der Waals surface area contributed by atoms with Gasteiger partial charge in [0.1, 0.15) is 0 Å². The molecular formula is C45H43N3O4. The van der Waals surface area contributed by atoms with Crippen molar-refractivity contribution in [1.82, 2.24) is 15.2 Å². The van der Waals surface area contributed by atoms with Gasteiger partial charge in [0.25, 0.3) is 5.91 Å². The molecule has 0 saturated carbocycles. The molecule has 1 fully saturated rings. The van der Waals surface area contributed by atoms with Crippen molar-refractivity contribution in [2.45, 2.75) is 51.2 Å². The molecule has 0 unspecified atom stereocenters. The van der Waals surface area contributed by atoms with Gasteiger partial charge in [0.15, 0.2) is 6.29 Å². The molecule has 7 rings (SSSR count). The van der Waals surface area contributed by atoms with Gasteiger partial charge >= 0.3 is 0 Å². The van der Waals surface area contributed by atoms with Crippen molar-refractivity contribution in [3.05, 3.63) is 197 Å². The second-order valence-electron chi connectivity index (χ2n) is 13.2. The summed E-state index contributed by atoms with van der Waals surface area (Å²) >= 11 is 0. The summed E-state index contributed by atoms with van der Waals surface area (Å²) in [6.45, 7) is 2.76. The molecule has 1 saturated heterocycles. The number of hydrogen-bond donors (Lipinski definition) is 2. The van der Waals surface area contributed by atoms with Gasteiger partial charge in [0.2, 0.25) is 0 Å². The van der Waals surface area contributed by atoms with Crippen LogP contribution in [0, 0.1) is 0 Å². The molecule has 1 aliphatic rings. The Kier molecular flexibility index (Phi) is 11.6. The van der Waals surface area contributed by atoms with E-state index in [1.54, 1.807) is 24.5 Å². The number of carbonyl (C=O) groups is 1. The van der Waals surface area contributed by atoms with Crippen LogP contribution >= 0.6 is 0 Å². The Morgan fingerprint density at radius 1 is 0.692 bits per heavy atom. The lowest BCUT2D eigenvalue weighted by Crippen LogP contribution is -2.39. The van der Waals surface area contributed by atoms with Crippen molar-refractivity contribution in [1.29, 1.82) is 0 Å². The molecule has 0 radical (unpaired) electrons. The zero-order chi connectivity index (χ0) is 35.5. The van der Waals surface area contributed by atoms with Gasteiger partial charge in [-0.1, -0.05) is 127 Å². The zero-order valence-corrected chi connectivity index (χ0v) is 29.1. The second-order valence-corrected chi connectivity index (χ2v) is 13.2. The first-order valence-electron chi connectivity index (χ1n) is 17.8. The maximum absolute atomic E-state index is 12.6. The molecule has 52 heavy (non-hydrogen) atoms. The quantitative estimate of drug-likeness (QED) is 0.127. The molecule has 1 aromatic heterocycles. The van der Waals surface area contributed by atoms with E-state index < -0.39 is 6.29 Å². The van der Waals surface area contributed by atoms with Crippen LogP contribution in [0.5, 0.6) is 0 Å². The van der Waals surface area contributed by atoms with Crippen LogP contribution in [0.15, 0.2) is 158 Å². The van der Waals surface area contributed by atoms with Crippen molar-refractivity contribution in [2.75, 3.05) is 6.54 Å². The molecular weight excluding hydrogens is 647 g/mol. The average molecular weight is 690 g/mol. The summed E-state index contributed by atoms with van der Waals surface area (Å²) in [6, 6.07) is 49.2. The van der Waals surface area contributed by atoms with Crippen LogP contribution in [-0.2, 0) is 35.7 Å². The maximum Gasteiger partial charge on any atom is 0.253 e. The third kappa shape index (κ3) is 9.26. The summed E-state index contributed by atoms with van der Waals surface area (Å²) in [6.07, 6.45) is 3.10. The number of aromatic nitrogens is 1. The lowest BCUT2D eigenvalue weighted by Gasteiger charge is -2.38. The minimum Gasteiger partial charge on any atom is -0.392 e. The van der Waals surface area contributed by atoms with Crippen LogP contribution in [0.1, 0.15) is 62.6 Å². The number of carbonyl (C=O) groups excluding carboxylic acids is 1. The van der Waals surface area contributed by atoms with Gasteiger partial charge in [0.05, 0.1) is 24.4 Å². The lowest BCUT2D eigenvalue weighted by molar-refractivity contribution is -0.253. The third-order valence-electron chi connectivity index (χ3n) is 9.39. The fourth-order valence-corrected chi connectivity index (χ4v) is 6.66. The zero-order valence-electron chi connectivity index (χ0n) is 29.1. The Hall–Kier alpha value is -5.44. The molecule has 2 N–H and O–H groups in total. The van der Waals surface area contributed by atoms with E-state index in [4.69, 9.17) is 9.47 Å². The topological polar surface area (TPSA) is 83.9 Å². The molecule has 0 aliphatic carbocycles. The van der Waals surface area contributed by atoms with Crippen LogP contribution in [0.3, 0.4) is 0 Å². The molecule has 1 aliphatic heterocycles. The van der Waals surface area contributed by atoms with Gasteiger partial charge in [-0.05, 0) is 57.1 Å². The van der Waals surface area contributed by atoms with Crippen LogP contribution in [-0.4, -0.2) is 33.5 Å². The van der Waals surface area contributed by atoms with Gasteiger partial charge in [-0.3, -0.25) is 14.7 Å². The summed E-state index contributed by atoms with van der Waals surface area (Å²) in [4.78, 5) is 19.1. The molecule has 262 valence electrons. The molecule has 7 heteroatoms. The number of nitrogens with one attached hydrogen (secondary N) is 1. The van der Waals surface area contributed by atoms with E-state index in [0.29, 0.717) is 18.5 Å². The molecule has 0 spiro atoms. The fraction of sp³-hybridized carbons (Fsp3) is 0.200. The summed E-state index contributed by atoms with van der Waals surface area (Å²) in [5.74, 6) is -0.153. The summed E-state index contributed by atoms with van der Waals surface area (Å²) in [5, 5.41) is 12.6. The Balaban J connectivity index is 1.09. The predicted molar refractivity (Wildman–Crippen MR) is 203 cm³/mol. The highest BCUT2D eigenvalue weighted by Crippen LogP contribution is 2.39. The third-order valence-corrected chi connectivity index (χ3v) is 9.39. The number of nitrogens with zero attached hydrogens (tertiary/aromatic N) is 2. The lowest BCUT2D eigenvalue weighted by atomic mass is 9.98. The average Bonchev–Trinajstić information content (AvgIpc) is 3.21. The van der Waals surface area contributed by atoms with Crippen LogP contribution in [0.2, 0.25) is 0 Å². The monoisotopic (exact) mass is 689 g/mol. The van der Waals surface area contributed by atoms with E-state index in [9.17, 15) is 9.90 Å². The van der Waals surface area contributed by atoms with Gasteiger partial charge < -0.3 is 19.9 Å². The van der Waals surface area contributed by atoms with Gasteiger partial charge in [-0.2, -0.15) is 0 Å². The molecule has 5 aromatic carbocycles. The van der Waals surface area contributed by atoms with E-state index in [2.05, 4.69) is 124 Å². The van der Waals surface area contributed by atoms with Crippen molar-refractivity contribution in [3.8, 4) is 11.1 Å². The first kappa shape index (κ1) is 35.0. The fourth-order valence-electron chi connectivity index (χ4n) is 6.66. The summed E-state index contributed by atoms with van der Waals surface area (Å²) in [5.41, 5.74) is 9.06. The number of ether oxygens (including phenoxy) is 2. The number of aliphatic hydroxyl groups is 1. The minimum atomic E-state index is -0.556. The van der Waals surface area contributed by atoms with E-state index in [0.717, 1.165) is 53.0 Å². The van der Waals surface area contributed by atoms with Crippen molar-refractivity contribution >= 4 is 5.91 Å². The molecule has 6 aromatic rings. The number of hydrogen-bond acceptors (Lipinski definition) is 6. The van der Waals surface area contributed by atoms with Crippen LogP contribution in [0.4, 0.5) is 0 Å². The van der Waals surface area contributed by atoms with Crippen molar-refractivity contribution < 1.29 is 19.4 Å². The van der Waals surface area contributed by atoms with E-state index in [1.165, 1.54) is 11.1 Å². The molecule has 2 heterocycles. The Bertz CT molecular complexity index is 1960. The highest BCUT2D eigenvalue weighted by molar-refractivity contribution is 5.93. The van der Waals surface area contributed by atoms with Gasteiger partial charge in [-0.25, -0.2) is 0 Å². The highest BCUT2D eigenvalue weighted by Gasteiger charge is 2.33. The number of aliphatic hydroxyl groups excluding tert-OH is 1. The summed E-state index contributed by atoms with van der Waals surface area (Å²) < 4.78 is 13.5. The largest absolute Gasteiger partial charge is 0.392 e. The van der Waals surface area contributed by atoms with Gasteiger partial charge in [0, 0.05) is 50.6 Å². The minimum absolute atomic E-state index is 0.00336. The van der Waals surface area contributed by atoms with Crippen LogP contribution in [0.25, 0.3) is 11.1 Å². The number of amides is 1. The molecule has 1 amide bonds. The maximum atomic E-state index is 12.6. The van der Waals surface area contributed by atoms with E-state index >= 15 is 0 Å². The van der Waals surface area contributed by atoms with Gasteiger partial charge in [-0.15, -0.1) is 0 Å². The predicted octanol–water partition coefficient (Wildman–Crippen LogP) is 8.42. The Morgan fingerprint density at radius 2 is 1.37 bits per heavy atom.